The molecule has 0 radical (unpaired) electrons. The van der Waals surface area contributed by atoms with Crippen LogP contribution in [0.1, 0.15) is 16.7 Å². The number of benzene rings is 3. The Balaban J connectivity index is 0.00000243. The van der Waals surface area contributed by atoms with E-state index in [-0.39, 0.29) is 12.4 Å². The van der Waals surface area contributed by atoms with Crippen LogP contribution in [0.2, 0.25) is 5.02 Å². The summed E-state index contributed by atoms with van der Waals surface area (Å²) in [4.78, 5) is 0. The maximum absolute atomic E-state index is 6.17. The molecule has 0 saturated heterocycles. The highest BCUT2D eigenvalue weighted by Crippen LogP contribution is 2.27. The van der Waals surface area contributed by atoms with Crippen LogP contribution in [-0.2, 0) is 19.7 Å². The van der Waals surface area contributed by atoms with Gasteiger partial charge in [0.1, 0.15) is 12.4 Å². The molecule has 0 aromatic heterocycles. The third-order valence-electron chi connectivity index (χ3n) is 3.84. The van der Waals surface area contributed by atoms with Gasteiger partial charge in [-0.2, -0.15) is 0 Å². The fourth-order valence-electron chi connectivity index (χ4n) is 2.49. The molecule has 0 aliphatic rings. The standard InChI is InChI=1S/C21H19BrClNO.ClH/c22-19-12-17(13-24-14-18-8-4-5-9-20(18)23)10-11-21(19)25-15-16-6-2-1-3-7-16;/h1-12,24H,13-15H2;1H. The zero-order valence-corrected chi connectivity index (χ0v) is 17.3. The maximum Gasteiger partial charge on any atom is 0.134 e. The van der Waals surface area contributed by atoms with Gasteiger partial charge in [-0.25, -0.2) is 0 Å². The van der Waals surface area contributed by atoms with Crippen LogP contribution in [-0.4, -0.2) is 0 Å². The van der Waals surface area contributed by atoms with Gasteiger partial charge in [0.05, 0.1) is 4.47 Å². The lowest BCUT2D eigenvalue weighted by molar-refractivity contribution is 0.304. The Morgan fingerprint density at radius 1 is 0.846 bits per heavy atom. The van der Waals surface area contributed by atoms with Crippen molar-refractivity contribution in [2.24, 2.45) is 0 Å². The van der Waals surface area contributed by atoms with Crippen LogP contribution in [0.4, 0.5) is 0 Å². The van der Waals surface area contributed by atoms with Crippen molar-refractivity contribution >= 4 is 39.9 Å². The van der Waals surface area contributed by atoms with Gasteiger partial charge in [-0.15, -0.1) is 12.4 Å². The monoisotopic (exact) mass is 451 g/mol. The molecule has 5 heteroatoms. The smallest absolute Gasteiger partial charge is 0.134 e. The molecule has 0 spiro atoms. The Morgan fingerprint density at radius 2 is 1.58 bits per heavy atom. The van der Waals surface area contributed by atoms with Gasteiger partial charge >= 0.3 is 0 Å². The molecule has 0 fully saturated rings. The van der Waals surface area contributed by atoms with Crippen molar-refractivity contribution in [1.82, 2.24) is 5.32 Å². The first kappa shape index (κ1) is 20.8. The second-order valence-corrected chi connectivity index (χ2v) is 7.00. The Morgan fingerprint density at radius 3 is 2.31 bits per heavy atom. The minimum Gasteiger partial charge on any atom is -0.488 e. The van der Waals surface area contributed by atoms with Crippen LogP contribution in [0.5, 0.6) is 5.75 Å². The molecular weight excluding hydrogens is 433 g/mol. The predicted octanol–water partition coefficient (Wildman–Crippen LogP) is 6.39. The molecule has 0 heterocycles. The van der Waals surface area contributed by atoms with Gasteiger partial charge in [0, 0.05) is 18.1 Å². The minimum absolute atomic E-state index is 0. The molecule has 26 heavy (non-hydrogen) atoms. The highest BCUT2D eigenvalue weighted by atomic mass is 79.9. The molecule has 0 saturated carbocycles. The molecule has 0 amide bonds. The number of hydrogen-bond acceptors (Lipinski definition) is 2. The number of halogens is 3. The number of rotatable bonds is 7. The summed E-state index contributed by atoms with van der Waals surface area (Å²) in [5.41, 5.74) is 3.44. The topological polar surface area (TPSA) is 21.3 Å². The molecule has 0 aliphatic carbocycles. The first-order chi connectivity index (χ1) is 12.2. The molecule has 0 atom stereocenters. The average molecular weight is 453 g/mol. The van der Waals surface area contributed by atoms with E-state index in [9.17, 15) is 0 Å². The number of ether oxygens (including phenoxy) is 1. The summed E-state index contributed by atoms with van der Waals surface area (Å²) in [7, 11) is 0. The van der Waals surface area contributed by atoms with Crippen molar-refractivity contribution in [3.63, 3.8) is 0 Å². The summed E-state index contributed by atoms with van der Waals surface area (Å²) in [6, 6.07) is 24.2. The summed E-state index contributed by atoms with van der Waals surface area (Å²) in [5.74, 6) is 0.846. The van der Waals surface area contributed by atoms with Crippen molar-refractivity contribution < 1.29 is 4.74 Å². The van der Waals surface area contributed by atoms with Gasteiger partial charge in [0.15, 0.2) is 0 Å². The summed E-state index contributed by atoms with van der Waals surface area (Å²) < 4.78 is 6.84. The van der Waals surface area contributed by atoms with Gasteiger partial charge in [-0.3, -0.25) is 0 Å². The Kier molecular flexibility index (Phi) is 8.46. The Bertz CT molecular complexity index is 827. The molecular formula is C21H20BrCl2NO. The molecule has 2 nitrogen and oxygen atoms in total. The first-order valence-electron chi connectivity index (χ1n) is 8.11. The fourth-order valence-corrected chi connectivity index (χ4v) is 3.23. The van der Waals surface area contributed by atoms with Crippen LogP contribution in [0.3, 0.4) is 0 Å². The van der Waals surface area contributed by atoms with E-state index in [1.54, 1.807) is 0 Å². The third kappa shape index (κ3) is 6.03. The molecule has 3 rings (SSSR count). The van der Waals surface area contributed by atoms with Gasteiger partial charge in [0.2, 0.25) is 0 Å². The largest absolute Gasteiger partial charge is 0.488 e. The number of nitrogens with one attached hydrogen (secondary N) is 1. The lowest BCUT2D eigenvalue weighted by Gasteiger charge is -2.11. The van der Waals surface area contributed by atoms with Crippen molar-refractivity contribution in [3.05, 3.63) is 99.0 Å². The van der Waals surface area contributed by atoms with Crippen LogP contribution in [0.25, 0.3) is 0 Å². The quantitative estimate of drug-likeness (QED) is 0.448. The molecule has 3 aromatic rings. The van der Waals surface area contributed by atoms with Gasteiger partial charge < -0.3 is 10.1 Å². The highest BCUT2D eigenvalue weighted by Gasteiger charge is 2.04. The SMILES string of the molecule is Cl.Clc1ccccc1CNCc1ccc(OCc2ccccc2)c(Br)c1. The Labute approximate surface area is 174 Å². The van der Waals surface area contributed by atoms with E-state index < -0.39 is 0 Å². The molecule has 0 aliphatic heterocycles. The van der Waals surface area contributed by atoms with Crippen molar-refractivity contribution in [3.8, 4) is 5.75 Å². The van der Waals surface area contributed by atoms with E-state index in [1.165, 1.54) is 5.56 Å². The van der Waals surface area contributed by atoms with E-state index in [0.29, 0.717) is 6.61 Å². The van der Waals surface area contributed by atoms with Crippen molar-refractivity contribution in [2.45, 2.75) is 19.7 Å². The maximum atomic E-state index is 6.17. The zero-order valence-electron chi connectivity index (χ0n) is 14.1. The molecule has 3 aromatic carbocycles. The lowest BCUT2D eigenvalue weighted by atomic mass is 10.2. The van der Waals surface area contributed by atoms with E-state index in [0.717, 1.165) is 39.5 Å². The highest BCUT2D eigenvalue weighted by molar-refractivity contribution is 9.10. The van der Waals surface area contributed by atoms with E-state index in [1.807, 2.05) is 48.5 Å². The van der Waals surface area contributed by atoms with E-state index >= 15 is 0 Å². The van der Waals surface area contributed by atoms with Gasteiger partial charge in [0.25, 0.3) is 0 Å². The number of hydrogen-bond donors (Lipinski definition) is 1. The average Bonchev–Trinajstić information content (AvgIpc) is 2.63. The molecule has 0 bridgehead atoms. The second-order valence-electron chi connectivity index (χ2n) is 5.73. The second kappa shape index (κ2) is 10.6. The molecule has 0 unspecified atom stereocenters. The predicted molar refractivity (Wildman–Crippen MR) is 114 cm³/mol. The summed E-state index contributed by atoms with van der Waals surface area (Å²) in [6.45, 7) is 2.07. The Hall–Kier alpha value is -1.52. The summed E-state index contributed by atoms with van der Waals surface area (Å²) >= 11 is 9.77. The molecule has 136 valence electrons. The summed E-state index contributed by atoms with van der Waals surface area (Å²) in [5, 5.41) is 4.21. The van der Waals surface area contributed by atoms with Crippen LogP contribution in [0, 0.1) is 0 Å². The van der Waals surface area contributed by atoms with Crippen LogP contribution in [0.15, 0.2) is 77.3 Å². The third-order valence-corrected chi connectivity index (χ3v) is 4.82. The van der Waals surface area contributed by atoms with Crippen LogP contribution < -0.4 is 10.1 Å². The van der Waals surface area contributed by atoms with Crippen molar-refractivity contribution in [2.75, 3.05) is 0 Å². The lowest BCUT2D eigenvalue weighted by Crippen LogP contribution is -2.13. The van der Waals surface area contributed by atoms with E-state index in [4.69, 9.17) is 16.3 Å². The molecule has 1 N–H and O–H groups in total. The minimum atomic E-state index is 0. The van der Waals surface area contributed by atoms with Gasteiger partial charge in [-0.1, -0.05) is 66.2 Å². The normalized spacial score (nSPS) is 10.2. The first-order valence-corrected chi connectivity index (χ1v) is 9.29. The van der Waals surface area contributed by atoms with Crippen LogP contribution >= 0.6 is 39.9 Å². The zero-order chi connectivity index (χ0) is 17.5. The van der Waals surface area contributed by atoms with Crippen molar-refractivity contribution in [1.29, 1.82) is 0 Å². The van der Waals surface area contributed by atoms with E-state index in [2.05, 4.69) is 45.5 Å². The van der Waals surface area contributed by atoms with Gasteiger partial charge in [-0.05, 0) is 50.8 Å². The summed E-state index contributed by atoms with van der Waals surface area (Å²) in [6.07, 6.45) is 0. The fraction of sp³-hybridized carbons (Fsp3) is 0.143.